The fourth-order valence-corrected chi connectivity index (χ4v) is 2.86. The molecule has 1 aromatic heterocycles. The van der Waals surface area contributed by atoms with Crippen molar-refractivity contribution in [3.63, 3.8) is 0 Å². The fraction of sp³-hybridized carbons (Fsp3) is 0.357. The highest BCUT2D eigenvalue weighted by atomic mass is 35.5. The largest absolute Gasteiger partial charge is 0.486 e. The van der Waals surface area contributed by atoms with Crippen LogP contribution < -0.4 is 10.1 Å². The van der Waals surface area contributed by atoms with Gasteiger partial charge < -0.3 is 14.8 Å². The van der Waals surface area contributed by atoms with Gasteiger partial charge in [0.15, 0.2) is 0 Å². The summed E-state index contributed by atoms with van der Waals surface area (Å²) in [5.41, 5.74) is 2.70. The van der Waals surface area contributed by atoms with Gasteiger partial charge in [0.1, 0.15) is 12.4 Å². The lowest BCUT2D eigenvalue weighted by atomic mass is 10.2. The monoisotopic (exact) mass is 346 g/mol. The van der Waals surface area contributed by atoms with Crippen LogP contribution in [0.2, 0.25) is 10.0 Å². The van der Waals surface area contributed by atoms with Crippen molar-refractivity contribution in [2.24, 2.45) is 0 Å². The normalized spacial score (nSPS) is 10.8. The Balaban J connectivity index is 2.06. The molecule has 0 radical (unpaired) electrons. The van der Waals surface area contributed by atoms with E-state index < -0.39 is 0 Å². The van der Waals surface area contributed by atoms with Gasteiger partial charge in [-0.25, -0.2) is 0 Å². The highest BCUT2D eigenvalue weighted by Crippen LogP contribution is 2.33. The maximum Gasteiger partial charge on any atom is 0.143 e. The molecule has 0 unspecified atom stereocenters. The molecule has 2 rings (SSSR count). The topological polar surface area (TPSA) is 43.4 Å². The van der Waals surface area contributed by atoms with Gasteiger partial charge in [0.2, 0.25) is 0 Å². The minimum atomic E-state index is 0.442. The molecule has 0 saturated heterocycles. The summed E-state index contributed by atoms with van der Waals surface area (Å²) in [6.45, 7) is 2.44. The van der Waals surface area contributed by atoms with Crippen molar-refractivity contribution >= 4 is 34.5 Å². The molecule has 0 fully saturated rings. The van der Waals surface area contributed by atoms with Crippen LogP contribution in [0.25, 0.3) is 0 Å². The van der Waals surface area contributed by atoms with E-state index >= 15 is 0 Å². The summed E-state index contributed by atoms with van der Waals surface area (Å²) in [5, 5.41) is 4.36. The summed E-state index contributed by atoms with van der Waals surface area (Å²) in [7, 11) is 1.67. The first-order valence-electron chi connectivity index (χ1n) is 6.38. The van der Waals surface area contributed by atoms with Crippen molar-refractivity contribution in [1.82, 2.24) is 10.3 Å². The standard InChI is InChI=1S/C14H16Cl2N2O2S/c1-19-3-2-17-6-10-4-11(15)5-13(16)14(10)20-8-12-7-18-9-21-12/h4-5,7,9,17H,2-3,6,8H2,1H3. The molecule has 7 heteroatoms. The van der Waals surface area contributed by atoms with Crippen LogP contribution in [-0.2, 0) is 17.9 Å². The number of benzene rings is 1. The van der Waals surface area contributed by atoms with E-state index in [2.05, 4.69) is 10.3 Å². The van der Waals surface area contributed by atoms with Gasteiger partial charge in [0.25, 0.3) is 0 Å². The van der Waals surface area contributed by atoms with Crippen molar-refractivity contribution in [2.75, 3.05) is 20.3 Å². The molecule has 114 valence electrons. The number of thiazole rings is 1. The molecule has 0 aliphatic rings. The molecule has 0 spiro atoms. The molecular formula is C14H16Cl2N2O2S. The molecule has 4 nitrogen and oxygen atoms in total. The fourth-order valence-electron chi connectivity index (χ4n) is 1.76. The van der Waals surface area contributed by atoms with Gasteiger partial charge in [-0.3, -0.25) is 4.98 Å². The van der Waals surface area contributed by atoms with Crippen LogP contribution in [0.3, 0.4) is 0 Å². The van der Waals surface area contributed by atoms with Crippen LogP contribution in [0.5, 0.6) is 5.75 Å². The molecule has 0 bridgehead atoms. The molecule has 0 atom stereocenters. The second-order valence-corrected chi connectivity index (χ2v) is 6.12. The maximum atomic E-state index is 6.24. The zero-order valence-electron chi connectivity index (χ0n) is 11.6. The van der Waals surface area contributed by atoms with E-state index in [1.165, 1.54) is 0 Å². The number of hydrogen-bond acceptors (Lipinski definition) is 5. The van der Waals surface area contributed by atoms with Crippen LogP contribution >= 0.6 is 34.5 Å². The predicted molar refractivity (Wildman–Crippen MR) is 86.5 cm³/mol. The highest BCUT2D eigenvalue weighted by Gasteiger charge is 2.11. The van der Waals surface area contributed by atoms with Crippen molar-refractivity contribution in [3.8, 4) is 5.75 Å². The third-order valence-electron chi connectivity index (χ3n) is 2.73. The summed E-state index contributed by atoms with van der Waals surface area (Å²) in [5.74, 6) is 0.652. The van der Waals surface area contributed by atoms with Crippen LogP contribution in [0.1, 0.15) is 10.4 Å². The lowest BCUT2D eigenvalue weighted by molar-refractivity contribution is 0.199. The van der Waals surface area contributed by atoms with Crippen LogP contribution in [-0.4, -0.2) is 25.2 Å². The zero-order chi connectivity index (χ0) is 15.1. The van der Waals surface area contributed by atoms with Crippen molar-refractivity contribution in [1.29, 1.82) is 0 Å². The quantitative estimate of drug-likeness (QED) is 0.739. The molecule has 0 aliphatic heterocycles. The number of methoxy groups -OCH3 is 1. The number of hydrogen-bond donors (Lipinski definition) is 1. The Morgan fingerprint density at radius 2 is 2.19 bits per heavy atom. The summed E-state index contributed by atoms with van der Waals surface area (Å²) >= 11 is 13.8. The Morgan fingerprint density at radius 3 is 2.90 bits per heavy atom. The van der Waals surface area contributed by atoms with Gasteiger partial charge in [0.05, 0.1) is 22.0 Å². The molecule has 0 aliphatic carbocycles. The Morgan fingerprint density at radius 1 is 1.33 bits per heavy atom. The van der Waals surface area contributed by atoms with Gasteiger partial charge in [-0.05, 0) is 12.1 Å². The van der Waals surface area contributed by atoms with E-state index in [0.29, 0.717) is 35.6 Å². The molecule has 2 aromatic rings. The Labute approximate surface area is 138 Å². The van der Waals surface area contributed by atoms with Gasteiger partial charge in [0, 0.05) is 37.0 Å². The number of aromatic nitrogens is 1. The van der Waals surface area contributed by atoms with Crippen LogP contribution in [0.15, 0.2) is 23.8 Å². The summed E-state index contributed by atoms with van der Waals surface area (Å²) < 4.78 is 10.8. The first-order chi connectivity index (χ1) is 10.2. The second-order valence-electron chi connectivity index (χ2n) is 4.30. The van der Waals surface area contributed by atoms with E-state index in [1.807, 2.05) is 6.07 Å². The van der Waals surface area contributed by atoms with E-state index in [4.69, 9.17) is 32.7 Å². The number of rotatable bonds is 8. The van der Waals surface area contributed by atoms with Crippen LogP contribution in [0, 0.1) is 0 Å². The Kier molecular flexibility index (Phi) is 6.73. The molecule has 1 aromatic carbocycles. The van der Waals surface area contributed by atoms with Crippen molar-refractivity contribution in [3.05, 3.63) is 44.3 Å². The Bertz CT molecular complexity index is 564. The number of nitrogens with one attached hydrogen (secondary N) is 1. The van der Waals surface area contributed by atoms with E-state index in [-0.39, 0.29) is 0 Å². The minimum absolute atomic E-state index is 0.442. The average Bonchev–Trinajstić information content (AvgIpc) is 2.95. The van der Waals surface area contributed by atoms with Crippen molar-refractivity contribution < 1.29 is 9.47 Å². The number of nitrogens with zero attached hydrogens (tertiary/aromatic N) is 1. The second kappa shape index (κ2) is 8.56. The zero-order valence-corrected chi connectivity index (χ0v) is 13.9. The predicted octanol–water partition coefficient (Wildman–Crippen LogP) is 3.76. The molecule has 0 amide bonds. The summed E-state index contributed by atoms with van der Waals surface area (Å²) in [6.07, 6.45) is 1.78. The van der Waals surface area contributed by atoms with Gasteiger partial charge >= 0.3 is 0 Å². The first-order valence-corrected chi connectivity index (χ1v) is 8.02. The first kappa shape index (κ1) is 16.5. The van der Waals surface area contributed by atoms with E-state index in [0.717, 1.165) is 17.0 Å². The molecule has 0 saturated carbocycles. The summed E-state index contributed by atoms with van der Waals surface area (Å²) in [6, 6.07) is 3.54. The van der Waals surface area contributed by atoms with Crippen molar-refractivity contribution in [2.45, 2.75) is 13.2 Å². The molecule has 21 heavy (non-hydrogen) atoms. The maximum absolute atomic E-state index is 6.24. The van der Waals surface area contributed by atoms with Gasteiger partial charge in [-0.1, -0.05) is 23.2 Å². The average molecular weight is 347 g/mol. The van der Waals surface area contributed by atoms with Crippen LogP contribution in [0.4, 0.5) is 0 Å². The lowest BCUT2D eigenvalue weighted by Crippen LogP contribution is -2.19. The van der Waals surface area contributed by atoms with E-state index in [9.17, 15) is 0 Å². The smallest absolute Gasteiger partial charge is 0.143 e. The summed E-state index contributed by atoms with van der Waals surface area (Å²) in [4.78, 5) is 5.06. The Hall–Kier alpha value is -0.850. The van der Waals surface area contributed by atoms with Gasteiger partial charge in [-0.15, -0.1) is 11.3 Å². The number of ether oxygens (including phenoxy) is 2. The minimum Gasteiger partial charge on any atom is -0.486 e. The lowest BCUT2D eigenvalue weighted by Gasteiger charge is -2.14. The third-order valence-corrected chi connectivity index (χ3v) is 3.98. The molecule has 1 heterocycles. The van der Waals surface area contributed by atoms with E-state index in [1.54, 1.807) is 36.2 Å². The molecular weight excluding hydrogens is 331 g/mol. The SMILES string of the molecule is COCCNCc1cc(Cl)cc(Cl)c1OCc1cncs1. The van der Waals surface area contributed by atoms with Gasteiger partial charge in [-0.2, -0.15) is 0 Å². The molecule has 1 N–H and O–H groups in total. The highest BCUT2D eigenvalue weighted by molar-refractivity contribution is 7.09. The third kappa shape index (κ3) is 5.13. The number of halogens is 2.